The van der Waals surface area contributed by atoms with Gasteiger partial charge in [-0.25, -0.2) is 8.42 Å². The van der Waals surface area contributed by atoms with Crippen molar-refractivity contribution in [2.24, 2.45) is 0 Å². The van der Waals surface area contributed by atoms with E-state index in [1.165, 1.54) is 4.31 Å². The lowest BCUT2D eigenvalue weighted by atomic mass is 9.87. The van der Waals surface area contributed by atoms with Gasteiger partial charge in [-0.05, 0) is 31.4 Å². The molecule has 0 saturated carbocycles. The molecule has 3 rings (SSSR count). The van der Waals surface area contributed by atoms with Crippen molar-refractivity contribution < 1.29 is 17.9 Å². The van der Waals surface area contributed by atoms with Gasteiger partial charge in [-0.15, -0.1) is 0 Å². The van der Waals surface area contributed by atoms with E-state index in [9.17, 15) is 8.42 Å². The molecule has 0 aliphatic carbocycles. The number of piperidine rings is 1. The number of methoxy groups -OCH3 is 1. The van der Waals surface area contributed by atoms with Crippen LogP contribution in [0.4, 0.5) is 0 Å². The molecule has 2 fully saturated rings. The predicted octanol–water partition coefficient (Wildman–Crippen LogP) is 1.65. The van der Waals surface area contributed by atoms with Crippen molar-refractivity contribution in [3.63, 3.8) is 0 Å². The third-order valence-corrected chi connectivity index (χ3v) is 6.42. The Bertz CT molecular complexity index is 581. The highest BCUT2D eigenvalue weighted by Crippen LogP contribution is 2.38. The fraction of sp³-hybridized carbons (Fsp3) is 0.600. The first-order valence-electron chi connectivity index (χ1n) is 7.30. The molecule has 6 heteroatoms. The van der Waals surface area contributed by atoms with Crippen LogP contribution in [0.5, 0.6) is 0 Å². The molecule has 21 heavy (non-hydrogen) atoms. The molecule has 2 aliphatic heterocycles. The van der Waals surface area contributed by atoms with E-state index in [1.807, 2.05) is 6.07 Å². The summed E-state index contributed by atoms with van der Waals surface area (Å²) in [5.74, 6) is 0. The lowest BCUT2D eigenvalue weighted by Gasteiger charge is -2.43. The zero-order chi connectivity index (χ0) is 14.9. The van der Waals surface area contributed by atoms with Gasteiger partial charge >= 0.3 is 0 Å². The fourth-order valence-electron chi connectivity index (χ4n) is 3.34. The second-order valence-corrected chi connectivity index (χ2v) is 7.61. The van der Waals surface area contributed by atoms with Crippen LogP contribution in [0.15, 0.2) is 35.2 Å². The monoisotopic (exact) mass is 311 g/mol. The molecule has 0 bridgehead atoms. The van der Waals surface area contributed by atoms with Crippen LogP contribution in [0.25, 0.3) is 0 Å². The summed E-state index contributed by atoms with van der Waals surface area (Å²) in [7, 11) is -1.82. The third kappa shape index (κ3) is 2.61. The zero-order valence-corrected chi connectivity index (χ0v) is 13.0. The second kappa shape index (κ2) is 5.68. The Morgan fingerprint density at radius 2 is 2.05 bits per heavy atom. The van der Waals surface area contributed by atoms with Crippen molar-refractivity contribution in [1.29, 1.82) is 0 Å². The minimum atomic E-state index is -3.45. The normalized spacial score (nSPS) is 30.8. The van der Waals surface area contributed by atoms with Crippen LogP contribution < -0.4 is 0 Å². The Morgan fingerprint density at radius 1 is 1.29 bits per heavy atom. The predicted molar refractivity (Wildman–Crippen MR) is 78.5 cm³/mol. The summed E-state index contributed by atoms with van der Waals surface area (Å²) in [6.45, 7) is 1.58. The zero-order valence-electron chi connectivity index (χ0n) is 12.2. The van der Waals surface area contributed by atoms with E-state index in [-0.39, 0.29) is 11.7 Å². The molecule has 2 saturated heterocycles. The van der Waals surface area contributed by atoms with Crippen molar-refractivity contribution in [2.45, 2.75) is 35.9 Å². The van der Waals surface area contributed by atoms with Gasteiger partial charge in [0.2, 0.25) is 10.0 Å². The molecule has 1 spiro atoms. The maximum atomic E-state index is 12.7. The molecule has 0 aromatic heterocycles. The fourth-order valence-corrected chi connectivity index (χ4v) is 4.80. The summed E-state index contributed by atoms with van der Waals surface area (Å²) in [4.78, 5) is 0.336. The number of benzene rings is 1. The lowest BCUT2D eigenvalue weighted by molar-refractivity contribution is -0.131. The van der Waals surface area contributed by atoms with E-state index >= 15 is 0 Å². The standard InChI is InChI=1S/C15H21NO4S/c1-19-14-12-16(10-9-15(14)8-5-11-20-15)21(17,18)13-6-3-2-4-7-13/h2-4,6-7,14H,5,8-12H2,1H3/t14-,15-/m0/s1. The average molecular weight is 311 g/mol. The number of hydrogen-bond acceptors (Lipinski definition) is 4. The number of nitrogens with zero attached hydrogens (tertiary/aromatic N) is 1. The van der Waals surface area contributed by atoms with E-state index in [2.05, 4.69) is 0 Å². The second-order valence-electron chi connectivity index (χ2n) is 5.67. The molecule has 2 atom stereocenters. The van der Waals surface area contributed by atoms with Crippen LogP contribution in [0.3, 0.4) is 0 Å². The highest BCUT2D eigenvalue weighted by Gasteiger charge is 2.48. The summed E-state index contributed by atoms with van der Waals surface area (Å²) in [6.07, 6.45) is 2.46. The van der Waals surface area contributed by atoms with E-state index in [0.717, 1.165) is 19.4 Å². The molecule has 2 aliphatic rings. The molecule has 5 nitrogen and oxygen atoms in total. The Balaban J connectivity index is 1.83. The van der Waals surface area contributed by atoms with E-state index in [4.69, 9.17) is 9.47 Å². The van der Waals surface area contributed by atoms with Crippen molar-refractivity contribution in [2.75, 3.05) is 26.8 Å². The minimum absolute atomic E-state index is 0.202. The molecule has 116 valence electrons. The molecule has 0 unspecified atom stereocenters. The number of sulfonamides is 1. The largest absolute Gasteiger partial charge is 0.377 e. The SMILES string of the molecule is CO[C@H]1CN(S(=O)(=O)c2ccccc2)CC[C@@]12CCCO2. The van der Waals surface area contributed by atoms with Gasteiger partial charge in [0, 0.05) is 26.8 Å². The molecule has 2 heterocycles. The van der Waals surface area contributed by atoms with Crippen LogP contribution in [0.1, 0.15) is 19.3 Å². The van der Waals surface area contributed by atoms with Gasteiger partial charge in [0.1, 0.15) is 0 Å². The first kappa shape index (κ1) is 15.0. The van der Waals surface area contributed by atoms with Crippen LogP contribution in [0.2, 0.25) is 0 Å². The maximum absolute atomic E-state index is 12.7. The Labute approximate surface area is 125 Å². The van der Waals surface area contributed by atoms with Crippen LogP contribution in [-0.4, -0.2) is 51.2 Å². The van der Waals surface area contributed by atoms with Gasteiger partial charge in [-0.2, -0.15) is 4.31 Å². The summed E-state index contributed by atoms with van der Waals surface area (Å²) in [5.41, 5.74) is -0.294. The van der Waals surface area contributed by atoms with Crippen molar-refractivity contribution >= 4 is 10.0 Å². The van der Waals surface area contributed by atoms with Gasteiger partial charge in [0.15, 0.2) is 0 Å². The van der Waals surface area contributed by atoms with Gasteiger partial charge in [0.25, 0.3) is 0 Å². The lowest BCUT2D eigenvalue weighted by Crippen LogP contribution is -2.57. The summed E-state index contributed by atoms with van der Waals surface area (Å²) in [6, 6.07) is 8.56. The summed E-state index contributed by atoms with van der Waals surface area (Å²) >= 11 is 0. The molecular formula is C15H21NO4S. The van der Waals surface area contributed by atoms with Crippen LogP contribution in [-0.2, 0) is 19.5 Å². The van der Waals surface area contributed by atoms with Crippen LogP contribution >= 0.6 is 0 Å². The Hall–Kier alpha value is -0.950. The average Bonchev–Trinajstić information content (AvgIpc) is 2.97. The van der Waals surface area contributed by atoms with E-state index < -0.39 is 10.0 Å². The summed E-state index contributed by atoms with van der Waals surface area (Å²) in [5, 5.41) is 0. The Morgan fingerprint density at radius 3 is 2.67 bits per heavy atom. The highest BCUT2D eigenvalue weighted by atomic mass is 32.2. The molecule has 0 N–H and O–H groups in total. The molecule has 1 aromatic carbocycles. The number of ether oxygens (including phenoxy) is 2. The first-order chi connectivity index (χ1) is 10.1. The Kier molecular flexibility index (Phi) is 4.05. The van der Waals surface area contributed by atoms with Crippen molar-refractivity contribution in [3.05, 3.63) is 30.3 Å². The highest BCUT2D eigenvalue weighted by molar-refractivity contribution is 7.89. The van der Waals surface area contributed by atoms with Gasteiger partial charge in [0.05, 0.1) is 16.6 Å². The maximum Gasteiger partial charge on any atom is 0.243 e. The first-order valence-corrected chi connectivity index (χ1v) is 8.74. The van der Waals surface area contributed by atoms with Crippen LogP contribution in [0, 0.1) is 0 Å². The van der Waals surface area contributed by atoms with Gasteiger partial charge in [-0.1, -0.05) is 18.2 Å². The van der Waals surface area contributed by atoms with Gasteiger partial charge in [-0.3, -0.25) is 0 Å². The number of rotatable bonds is 3. The quantitative estimate of drug-likeness (QED) is 0.851. The van der Waals surface area contributed by atoms with E-state index in [1.54, 1.807) is 31.4 Å². The summed E-state index contributed by atoms with van der Waals surface area (Å²) < 4.78 is 38.3. The van der Waals surface area contributed by atoms with Crippen molar-refractivity contribution in [1.82, 2.24) is 4.31 Å². The molecule has 1 aromatic rings. The topological polar surface area (TPSA) is 55.8 Å². The van der Waals surface area contributed by atoms with Crippen molar-refractivity contribution in [3.8, 4) is 0 Å². The molecular weight excluding hydrogens is 290 g/mol. The van der Waals surface area contributed by atoms with Gasteiger partial charge < -0.3 is 9.47 Å². The minimum Gasteiger partial charge on any atom is -0.377 e. The number of hydrogen-bond donors (Lipinski definition) is 0. The molecule has 0 radical (unpaired) electrons. The third-order valence-electron chi connectivity index (χ3n) is 4.54. The van der Waals surface area contributed by atoms with E-state index in [0.29, 0.717) is 24.4 Å². The molecule has 0 amide bonds. The smallest absolute Gasteiger partial charge is 0.243 e.